The summed E-state index contributed by atoms with van der Waals surface area (Å²) in [6.45, 7) is 8.31. The fourth-order valence-electron chi connectivity index (χ4n) is 8.72. The van der Waals surface area contributed by atoms with E-state index in [4.69, 9.17) is 9.47 Å². The van der Waals surface area contributed by atoms with Gasteiger partial charge in [0.05, 0.1) is 23.4 Å². The number of Topliss-reactive ketones (excluding diaryl/α,β-unsaturated/α-hetero) is 1. The van der Waals surface area contributed by atoms with Crippen LogP contribution in [0.25, 0.3) is 5.52 Å². The number of carbonyl (C=O) groups is 3. The highest BCUT2D eigenvalue weighted by Gasteiger charge is 2.57. The molecule has 4 aliphatic rings. The number of esters is 2. The zero-order chi connectivity index (χ0) is 27.5. The van der Waals surface area contributed by atoms with Crippen LogP contribution in [0.4, 0.5) is 0 Å². The highest BCUT2D eigenvalue weighted by atomic mass is 16.5. The second-order valence-electron chi connectivity index (χ2n) is 12.5. The van der Waals surface area contributed by atoms with Crippen molar-refractivity contribution >= 4 is 23.2 Å². The summed E-state index contributed by atoms with van der Waals surface area (Å²) < 4.78 is 12.7. The Balaban J connectivity index is 1.28. The van der Waals surface area contributed by atoms with Gasteiger partial charge >= 0.3 is 11.9 Å². The van der Waals surface area contributed by atoms with Gasteiger partial charge in [0.2, 0.25) is 5.78 Å². The van der Waals surface area contributed by atoms with Crippen molar-refractivity contribution in [1.29, 1.82) is 0 Å². The minimum Gasteiger partial charge on any atom is -0.462 e. The van der Waals surface area contributed by atoms with Gasteiger partial charge in [-0.3, -0.25) is 9.59 Å². The van der Waals surface area contributed by atoms with E-state index in [9.17, 15) is 14.4 Å². The highest BCUT2D eigenvalue weighted by Crippen LogP contribution is 2.65. The topological polar surface area (TPSA) is 74.1 Å². The number of hydrogen-bond donors (Lipinski definition) is 0. The number of carbonyl (C=O) groups excluding carboxylic acids is 3. The summed E-state index contributed by atoms with van der Waals surface area (Å²) in [6, 6.07) is 7.35. The predicted octanol–water partition coefficient (Wildman–Crippen LogP) is 6.73. The van der Waals surface area contributed by atoms with Crippen LogP contribution < -0.4 is 0 Å². The number of fused-ring (bicyclic) bond motifs is 6. The molecule has 0 aliphatic heterocycles. The van der Waals surface area contributed by atoms with Crippen molar-refractivity contribution < 1.29 is 23.9 Å². The molecule has 0 bridgehead atoms. The normalized spacial score (nSPS) is 33.3. The van der Waals surface area contributed by atoms with Gasteiger partial charge in [-0.1, -0.05) is 37.6 Å². The fourth-order valence-corrected chi connectivity index (χ4v) is 8.72. The summed E-state index contributed by atoms with van der Waals surface area (Å²) in [5.74, 6) is 0.976. The molecule has 6 nitrogen and oxygen atoms in total. The number of pyridine rings is 1. The Kier molecular flexibility index (Phi) is 6.35. The first-order chi connectivity index (χ1) is 18.7. The Morgan fingerprint density at radius 3 is 2.59 bits per heavy atom. The molecule has 0 spiro atoms. The molecule has 0 radical (unpaired) electrons. The van der Waals surface area contributed by atoms with Crippen LogP contribution in [-0.4, -0.2) is 34.8 Å². The van der Waals surface area contributed by atoms with Crippen LogP contribution in [0.3, 0.4) is 0 Å². The Morgan fingerprint density at radius 2 is 1.82 bits per heavy atom. The monoisotopic (exact) mass is 529 g/mol. The van der Waals surface area contributed by atoms with Gasteiger partial charge in [0.1, 0.15) is 6.10 Å². The van der Waals surface area contributed by atoms with Crippen molar-refractivity contribution in [3.8, 4) is 0 Å². The average molecular weight is 530 g/mol. The predicted molar refractivity (Wildman–Crippen MR) is 148 cm³/mol. The quantitative estimate of drug-likeness (QED) is 0.244. The summed E-state index contributed by atoms with van der Waals surface area (Å²) >= 11 is 0. The number of ketones is 1. The Morgan fingerprint density at radius 1 is 1.03 bits per heavy atom. The molecule has 0 saturated heterocycles. The first kappa shape index (κ1) is 26.1. The molecule has 2 saturated carbocycles. The van der Waals surface area contributed by atoms with E-state index < -0.39 is 5.97 Å². The number of nitrogens with zero attached hydrogens (tertiary/aromatic N) is 1. The molecular weight excluding hydrogens is 490 g/mol. The maximum atomic E-state index is 14.2. The fraction of sp³-hybridized carbons (Fsp3) is 0.545. The SMILES string of the molecule is CCOC(=O)c1cc(C(=O)C2=CCC3C4CC=C5C[C@@H](OC(C)=O)CC[C@]5(C)C4CC[C@]23C)n2ccccc12. The average Bonchev–Trinajstić information content (AvgIpc) is 3.47. The molecule has 6 heteroatoms. The number of rotatable bonds is 5. The zero-order valence-electron chi connectivity index (χ0n) is 23.5. The number of ether oxygens (including phenoxy) is 2. The summed E-state index contributed by atoms with van der Waals surface area (Å²) in [5.41, 5.74) is 4.00. The molecule has 2 heterocycles. The van der Waals surface area contributed by atoms with Crippen LogP contribution in [-0.2, 0) is 14.3 Å². The lowest BCUT2D eigenvalue weighted by Gasteiger charge is -2.57. The van der Waals surface area contributed by atoms with E-state index in [-0.39, 0.29) is 28.7 Å². The minimum atomic E-state index is -0.397. The van der Waals surface area contributed by atoms with Crippen molar-refractivity contribution in [2.75, 3.05) is 6.61 Å². The van der Waals surface area contributed by atoms with Gasteiger partial charge in [0.25, 0.3) is 0 Å². The molecule has 39 heavy (non-hydrogen) atoms. The van der Waals surface area contributed by atoms with Gasteiger partial charge in [-0.05, 0) is 92.2 Å². The Bertz CT molecular complexity index is 1410. The summed E-state index contributed by atoms with van der Waals surface area (Å²) in [4.78, 5) is 38.5. The largest absolute Gasteiger partial charge is 0.462 e. The molecule has 206 valence electrons. The molecule has 2 aromatic heterocycles. The van der Waals surface area contributed by atoms with E-state index in [2.05, 4.69) is 26.0 Å². The summed E-state index contributed by atoms with van der Waals surface area (Å²) in [6.07, 6.45) is 13.3. The third-order valence-electron chi connectivity index (χ3n) is 10.6. The van der Waals surface area contributed by atoms with E-state index in [0.717, 1.165) is 50.5 Å². The molecule has 0 aromatic carbocycles. The van der Waals surface area contributed by atoms with E-state index in [1.807, 2.05) is 28.8 Å². The van der Waals surface area contributed by atoms with Crippen molar-refractivity contribution in [3.05, 3.63) is 65.0 Å². The number of hydrogen-bond acceptors (Lipinski definition) is 5. The van der Waals surface area contributed by atoms with E-state index in [1.165, 1.54) is 12.5 Å². The van der Waals surface area contributed by atoms with E-state index in [0.29, 0.717) is 41.1 Å². The van der Waals surface area contributed by atoms with Crippen molar-refractivity contribution in [3.63, 3.8) is 0 Å². The molecule has 3 unspecified atom stereocenters. The molecule has 2 aromatic rings. The molecule has 4 aliphatic carbocycles. The molecule has 6 atom stereocenters. The van der Waals surface area contributed by atoms with Crippen LogP contribution >= 0.6 is 0 Å². The smallest absolute Gasteiger partial charge is 0.340 e. The third kappa shape index (κ3) is 4.01. The first-order valence-corrected chi connectivity index (χ1v) is 14.6. The van der Waals surface area contributed by atoms with Crippen LogP contribution in [0.5, 0.6) is 0 Å². The second-order valence-corrected chi connectivity index (χ2v) is 12.5. The minimum absolute atomic E-state index is 0.000899. The number of aromatic nitrogens is 1. The molecule has 6 rings (SSSR count). The summed E-state index contributed by atoms with van der Waals surface area (Å²) in [5, 5.41) is 0. The van der Waals surface area contributed by atoms with Crippen molar-refractivity contribution in [2.45, 2.75) is 78.7 Å². The second kappa shape index (κ2) is 9.50. The maximum Gasteiger partial charge on any atom is 0.340 e. The van der Waals surface area contributed by atoms with Crippen LogP contribution in [0.15, 0.2) is 53.8 Å². The van der Waals surface area contributed by atoms with Gasteiger partial charge in [0, 0.05) is 25.1 Å². The lowest BCUT2D eigenvalue weighted by molar-refractivity contribution is -0.148. The highest BCUT2D eigenvalue weighted by molar-refractivity contribution is 6.12. The van der Waals surface area contributed by atoms with Crippen molar-refractivity contribution in [1.82, 2.24) is 4.40 Å². The van der Waals surface area contributed by atoms with Gasteiger partial charge in [0.15, 0.2) is 0 Å². The Hall–Kier alpha value is -3.15. The van der Waals surface area contributed by atoms with Gasteiger partial charge < -0.3 is 13.9 Å². The van der Waals surface area contributed by atoms with E-state index in [1.54, 1.807) is 13.0 Å². The van der Waals surface area contributed by atoms with Crippen LogP contribution in [0, 0.1) is 28.6 Å². The molecule has 0 N–H and O–H groups in total. The zero-order valence-corrected chi connectivity index (χ0v) is 23.5. The third-order valence-corrected chi connectivity index (χ3v) is 10.6. The van der Waals surface area contributed by atoms with Crippen LogP contribution in [0.2, 0.25) is 0 Å². The van der Waals surface area contributed by atoms with Crippen molar-refractivity contribution in [2.24, 2.45) is 28.6 Å². The number of allylic oxidation sites excluding steroid dienone is 3. The van der Waals surface area contributed by atoms with Crippen LogP contribution in [0.1, 0.15) is 93.5 Å². The van der Waals surface area contributed by atoms with Gasteiger partial charge in [-0.2, -0.15) is 0 Å². The lowest BCUT2D eigenvalue weighted by atomic mass is 9.47. The lowest BCUT2D eigenvalue weighted by Crippen LogP contribution is -2.50. The van der Waals surface area contributed by atoms with Gasteiger partial charge in [-0.25, -0.2) is 4.79 Å². The molecule has 2 fully saturated rings. The summed E-state index contributed by atoms with van der Waals surface area (Å²) in [7, 11) is 0. The maximum absolute atomic E-state index is 14.2. The standard InChI is InChI=1S/C33H39NO5/c1-5-38-31(37)24-19-29(34-17-7-6-8-28(24)34)30(36)27-12-11-25-23-10-9-21-18-22(39-20(2)35)13-15-32(21,3)26(23)14-16-33(25,27)4/h6-9,12,17,19,22-23,25-26H,5,10-11,13-16,18H2,1-4H3/t22-,23?,25?,26?,32-,33-/m0/s1. The Labute approximate surface area is 230 Å². The van der Waals surface area contributed by atoms with E-state index >= 15 is 0 Å². The first-order valence-electron chi connectivity index (χ1n) is 14.6. The molecule has 0 amide bonds. The van der Waals surface area contributed by atoms with Gasteiger partial charge in [-0.15, -0.1) is 0 Å². The molecular formula is C33H39NO5.